The zero-order valence-electron chi connectivity index (χ0n) is 17.3. The van der Waals surface area contributed by atoms with Crippen molar-refractivity contribution in [3.05, 3.63) is 65.5 Å². The number of hydrogen-bond donors (Lipinski definition) is 1. The SMILES string of the molecule is Cc1oc(-c2ccccc2NS(C)(=O)=O)nc1CN(C)Cc1ccc(OC(F)F)cc1. The van der Waals surface area contributed by atoms with E-state index in [2.05, 4.69) is 14.4 Å². The summed E-state index contributed by atoms with van der Waals surface area (Å²) in [6, 6.07) is 13.3. The lowest BCUT2D eigenvalue weighted by Crippen LogP contribution is -2.18. The highest BCUT2D eigenvalue weighted by Crippen LogP contribution is 2.29. The summed E-state index contributed by atoms with van der Waals surface area (Å²) in [6.07, 6.45) is 1.08. The van der Waals surface area contributed by atoms with Crippen LogP contribution in [0, 0.1) is 6.92 Å². The van der Waals surface area contributed by atoms with E-state index in [1.165, 1.54) is 12.1 Å². The van der Waals surface area contributed by atoms with E-state index in [1.807, 2.05) is 11.9 Å². The number of alkyl halides is 2. The topological polar surface area (TPSA) is 84.7 Å². The van der Waals surface area contributed by atoms with Crippen LogP contribution in [0.25, 0.3) is 11.5 Å². The Morgan fingerprint density at radius 1 is 1.13 bits per heavy atom. The van der Waals surface area contributed by atoms with Crippen LogP contribution >= 0.6 is 0 Å². The molecule has 10 heteroatoms. The fourth-order valence-corrected chi connectivity index (χ4v) is 3.63. The standard InChI is InChI=1S/C21H23F2N3O4S/c1-14-19(13-26(2)12-15-8-10-16(11-9-15)30-21(22)23)24-20(29-14)17-6-4-5-7-18(17)25-31(3,27)28/h4-11,21,25H,12-13H2,1-3H3. The lowest BCUT2D eigenvalue weighted by atomic mass is 10.2. The first-order valence-electron chi connectivity index (χ1n) is 9.36. The van der Waals surface area contributed by atoms with Gasteiger partial charge in [-0.3, -0.25) is 9.62 Å². The lowest BCUT2D eigenvalue weighted by Gasteiger charge is -2.16. The second kappa shape index (κ2) is 9.44. The van der Waals surface area contributed by atoms with Crippen molar-refractivity contribution >= 4 is 15.7 Å². The number of benzene rings is 2. The van der Waals surface area contributed by atoms with E-state index >= 15 is 0 Å². The van der Waals surface area contributed by atoms with Gasteiger partial charge in [-0.2, -0.15) is 8.78 Å². The number of nitrogens with zero attached hydrogens (tertiary/aromatic N) is 2. The minimum atomic E-state index is -3.45. The molecule has 7 nitrogen and oxygen atoms in total. The first-order chi connectivity index (χ1) is 14.6. The molecule has 0 spiro atoms. The molecule has 1 heterocycles. The van der Waals surface area contributed by atoms with Gasteiger partial charge in [0.05, 0.1) is 23.2 Å². The molecule has 0 saturated carbocycles. The molecule has 0 radical (unpaired) electrons. The van der Waals surface area contributed by atoms with Crippen LogP contribution in [-0.4, -0.2) is 38.2 Å². The van der Waals surface area contributed by atoms with Gasteiger partial charge < -0.3 is 9.15 Å². The first kappa shape index (κ1) is 22.7. The molecule has 0 aliphatic carbocycles. The second-order valence-electron chi connectivity index (χ2n) is 7.14. The van der Waals surface area contributed by atoms with Gasteiger partial charge in [-0.1, -0.05) is 24.3 Å². The molecule has 2 aromatic carbocycles. The summed E-state index contributed by atoms with van der Waals surface area (Å²) < 4.78 is 60.4. The molecule has 0 amide bonds. The Hall–Kier alpha value is -2.98. The van der Waals surface area contributed by atoms with Crippen LogP contribution in [0.15, 0.2) is 52.9 Å². The van der Waals surface area contributed by atoms with Crippen molar-refractivity contribution in [2.24, 2.45) is 0 Å². The number of ether oxygens (including phenoxy) is 1. The molecule has 0 saturated heterocycles. The third-order valence-electron chi connectivity index (χ3n) is 4.37. The molecule has 3 rings (SSSR count). The third kappa shape index (κ3) is 6.50. The van der Waals surface area contributed by atoms with E-state index in [-0.39, 0.29) is 5.75 Å². The van der Waals surface area contributed by atoms with E-state index in [9.17, 15) is 17.2 Å². The highest BCUT2D eigenvalue weighted by molar-refractivity contribution is 7.92. The average molecular weight is 451 g/mol. The number of aromatic nitrogens is 1. The van der Waals surface area contributed by atoms with Gasteiger partial charge in [0.15, 0.2) is 0 Å². The van der Waals surface area contributed by atoms with Crippen LogP contribution in [0.3, 0.4) is 0 Å². The molecule has 166 valence electrons. The summed E-state index contributed by atoms with van der Waals surface area (Å²) in [5.41, 5.74) is 2.56. The maximum atomic E-state index is 12.3. The molecule has 0 aliphatic heterocycles. The molecule has 3 aromatic rings. The molecule has 1 aromatic heterocycles. The molecule has 0 fully saturated rings. The molecule has 0 aliphatic rings. The molecule has 0 unspecified atom stereocenters. The molecule has 31 heavy (non-hydrogen) atoms. The third-order valence-corrected chi connectivity index (χ3v) is 4.96. The molecule has 1 N–H and O–H groups in total. The highest BCUT2D eigenvalue weighted by atomic mass is 32.2. The number of oxazole rings is 1. The van der Waals surface area contributed by atoms with E-state index in [0.29, 0.717) is 41.7 Å². The van der Waals surface area contributed by atoms with Gasteiger partial charge >= 0.3 is 6.61 Å². The van der Waals surface area contributed by atoms with Crippen molar-refractivity contribution in [3.63, 3.8) is 0 Å². The van der Waals surface area contributed by atoms with Crippen LogP contribution in [-0.2, 0) is 23.1 Å². The normalized spacial score (nSPS) is 11.8. The van der Waals surface area contributed by atoms with Gasteiger partial charge in [0.25, 0.3) is 0 Å². The summed E-state index contributed by atoms with van der Waals surface area (Å²) in [5, 5.41) is 0. The monoisotopic (exact) mass is 451 g/mol. The van der Waals surface area contributed by atoms with E-state index in [1.54, 1.807) is 43.3 Å². The number of para-hydroxylation sites is 1. The van der Waals surface area contributed by atoms with Gasteiger partial charge in [-0.25, -0.2) is 13.4 Å². The van der Waals surface area contributed by atoms with Crippen LogP contribution in [0.4, 0.5) is 14.5 Å². The highest BCUT2D eigenvalue weighted by Gasteiger charge is 2.17. The van der Waals surface area contributed by atoms with Gasteiger partial charge in [0, 0.05) is 13.1 Å². The minimum absolute atomic E-state index is 0.111. The Morgan fingerprint density at radius 2 is 1.81 bits per heavy atom. The van der Waals surface area contributed by atoms with Crippen molar-refractivity contribution < 1.29 is 26.4 Å². The maximum Gasteiger partial charge on any atom is 0.387 e. The van der Waals surface area contributed by atoms with E-state index < -0.39 is 16.6 Å². The van der Waals surface area contributed by atoms with Crippen molar-refractivity contribution in [3.8, 4) is 17.2 Å². The predicted molar refractivity (Wildman–Crippen MR) is 113 cm³/mol. The Balaban J connectivity index is 1.72. The summed E-state index contributed by atoms with van der Waals surface area (Å²) in [7, 11) is -1.55. The van der Waals surface area contributed by atoms with Gasteiger partial charge in [-0.05, 0) is 43.8 Å². The Labute approximate surface area is 179 Å². The van der Waals surface area contributed by atoms with E-state index in [0.717, 1.165) is 11.8 Å². The summed E-state index contributed by atoms with van der Waals surface area (Å²) in [4.78, 5) is 6.55. The number of aryl methyl sites for hydroxylation is 1. The summed E-state index contributed by atoms with van der Waals surface area (Å²) >= 11 is 0. The number of hydrogen-bond acceptors (Lipinski definition) is 6. The number of rotatable bonds is 9. The lowest BCUT2D eigenvalue weighted by molar-refractivity contribution is -0.0498. The fourth-order valence-electron chi connectivity index (χ4n) is 3.05. The Morgan fingerprint density at radius 3 is 2.45 bits per heavy atom. The molecule has 0 bridgehead atoms. The zero-order valence-corrected chi connectivity index (χ0v) is 18.1. The molecular weight excluding hydrogens is 428 g/mol. The minimum Gasteiger partial charge on any atom is -0.441 e. The number of nitrogens with one attached hydrogen (secondary N) is 1. The van der Waals surface area contributed by atoms with Gasteiger partial charge in [0.1, 0.15) is 11.5 Å². The number of anilines is 1. The quantitative estimate of drug-likeness (QED) is 0.524. The Bertz CT molecular complexity index is 1130. The van der Waals surface area contributed by atoms with Crippen LogP contribution < -0.4 is 9.46 Å². The van der Waals surface area contributed by atoms with Crippen molar-refractivity contribution in [2.45, 2.75) is 26.6 Å². The molecule has 0 atom stereocenters. The fraction of sp³-hybridized carbons (Fsp3) is 0.286. The number of sulfonamides is 1. The van der Waals surface area contributed by atoms with Crippen molar-refractivity contribution in [1.29, 1.82) is 0 Å². The first-order valence-corrected chi connectivity index (χ1v) is 11.3. The molecular formula is C21H23F2N3O4S. The largest absolute Gasteiger partial charge is 0.441 e. The Kier molecular flexibility index (Phi) is 6.91. The van der Waals surface area contributed by atoms with Crippen LogP contribution in [0.2, 0.25) is 0 Å². The van der Waals surface area contributed by atoms with Crippen molar-refractivity contribution in [1.82, 2.24) is 9.88 Å². The second-order valence-corrected chi connectivity index (χ2v) is 8.88. The number of halogens is 2. The predicted octanol–water partition coefficient (Wildman–Crippen LogP) is 4.25. The summed E-state index contributed by atoms with van der Waals surface area (Å²) in [5.74, 6) is 1.05. The van der Waals surface area contributed by atoms with Crippen LogP contribution in [0.1, 0.15) is 17.0 Å². The van der Waals surface area contributed by atoms with E-state index in [4.69, 9.17) is 4.42 Å². The zero-order chi connectivity index (χ0) is 22.6. The maximum absolute atomic E-state index is 12.3. The smallest absolute Gasteiger partial charge is 0.387 e. The van der Waals surface area contributed by atoms with Crippen LogP contribution in [0.5, 0.6) is 5.75 Å². The average Bonchev–Trinajstić information content (AvgIpc) is 3.02. The van der Waals surface area contributed by atoms with Gasteiger partial charge in [-0.15, -0.1) is 0 Å². The van der Waals surface area contributed by atoms with Gasteiger partial charge in [0.2, 0.25) is 15.9 Å². The summed E-state index contributed by atoms with van der Waals surface area (Å²) in [6.45, 7) is -0.0201. The van der Waals surface area contributed by atoms with Crippen molar-refractivity contribution in [2.75, 3.05) is 18.0 Å².